The smallest absolute Gasteiger partial charge is 0.200 e. The van der Waals surface area contributed by atoms with E-state index in [-0.39, 0.29) is 0 Å². The Hall–Kier alpha value is -2.54. The zero-order valence-corrected chi connectivity index (χ0v) is 12.3. The SMILES string of the molecule is COc1cccc(OC)c1-n1c(-c2ccoc2)n[nH]c1=S. The predicted molar refractivity (Wildman–Crippen MR) is 79.6 cm³/mol. The highest BCUT2D eigenvalue weighted by atomic mass is 32.1. The number of methoxy groups -OCH3 is 2. The third-order valence-corrected chi connectivity index (χ3v) is 3.35. The van der Waals surface area contributed by atoms with E-state index in [0.29, 0.717) is 27.8 Å². The van der Waals surface area contributed by atoms with Crippen LogP contribution in [0.1, 0.15) is 0 Å². The fraction of sp³-hybridized carbons (Fsp3) is 0.143. The molecule has 7 heteroatoms. The number of para-hydroxylation sites is 1. The Morgan fingerprint density at radius 1 is 1.19 bits per heavy atom. The summed E-state index contributed by atoms with van der Waals surface area (Å²) >= 11 is 5.35. The minimum atomic E-state index is 0.439. The summed E-state index contributed by atoms with van der Waals surface area (Å²) in [5.41, 5.74) is 1.49. The minimum Gasteiger partial charge on any atom is -0.494 e. The van der Waals surface area contributed by atoms with Crippen LogP contribution in [0, 0.1) is 4.77 Å². The van der Waals surface area contributed by atoms with Crippen LogP contribution in [0.5, 0.6) is 11.5 Å². The van der Waals surface area contributed by atoms with Gasteiger partial charge in [-0.25, -0.2) is 0 Å². The van der Waals surface area contributed by atoms with Gasteiger partial charge < -0.3 is 13.9 Å². The number of nitrogens with one attached hydrogen (secondary N) is 1. The average Bonchev–Trinajstić information content (AvgIpc) is 3.15. The molecule has 0 fully saturated rings. The summed E-state index contributed by atoms with van der Waals surface area (Å²) < 4.78 is 18.2. The topological polar surface area (TPSA) is 65.2 Å². The highest BCUT2D eigenvalue weighted by molar-refractivity contribution is 7.71. The predicted octanol–water partition coefficient (Wildman–Crippen LogP) is 3.21. The summed E-state index contributed by atoms with van der Waals surface area (Å²) in [6.45, 7) is 0. The molecule has 0 saturated heterocycles. The molecule has 1 N–H and O–H groups in total. The number of furan rings is 1. The summed E-state index contributed by atoms with van der Waals surface area (Å²) in [4.78, 5) is 0. The van der Waals surface area contributed by atoms with Crippen molar-refractivity contribution in [2.45, 2.75) is 0 Å². The van der Waals surface area contributed by atoms with Gasteiger partial charge in [-0.3, -0.25) is 9.67 Å². The number of H-pyrrole nitrogens is 1. The van der Waals surface area contributed by atoms with Crippen molar-refractivity contribution >= 4 is 12.2 Å². The Morgan fingerprint density at radius 2 is 1.90 bits per heavy atom. The molecule has 6 nitrogen and oxygen atoms in total. The molecule has 21 heavy (non-hydrogen) atoms. The fourth-order valence-electron chi connectivity index (χ4n) is 2.14. The van der Waals surface area contributed by atoms with Crippen molar-refractivity contribution in [3.8, 4) is 28.6 Å². The number of hydrogen-bond acceptors (Lipinski definition) is 5. The summed E-state index contributed by atoms with van der Waals surface area (Å²) in [5.74, 6) is 1.89. The lowest BCUT2D eigenvalue weighted by Gasteiger charge is -2.14. The van der Waals surface area contributed by atoms with Crippen molar-refractivity contribution < 1.29 is 13.9 Å². The second-order valence-electron chi connectivity index (χ2n) is 4.21. The molecule has 0 bridgehead atoms. The molecule has 2 aromatic heterocycles. The summed E-state index contributed by atoms with van der Waals surface area (Å²) in [6, 6.07) is 7.34. The van der Waals surface area contributed by atoms with Gasteiger partial charge in [0.05, 0.1) is 26.0 Å². The third kappa shape index (κ3) is 2.21. The molecule has 3 rings (SSSR count). The molecule has 3 aromatic rings. The third-order valence-electron chi connectivity index (χ3n) is 3.08. The summed E-state index contributed by atoms with van der Waals surface area (Å²) in [7, 11) is 3.19. The van der Waals surface area contributed by atoms with E-state index in [9.17, 15) is 0 Å². The van der Waals surface area contributed by atoms with Crippen molar-refractivity contribution in [3.63, 3.8) is 0 Å². The molecular weight excluding hydrogens is 290 g/mol. The molecule has 0 unspecified atom stereocenters. The van der Waals surface area contributed by atoms with Gasteiger partial charge >= 0.3 is 0 Å². The van der Waals surface area contributed by atoms with E-state index in [1.807, 2.05) is 24.3 Å². The van der Waals surface area contributed by atoms with Gasteiger partial charge in [-0.1, -0.05) is 6.07 Å². The quantitative estimate of drug-likeness (QED) is 0.750. The number of aromatic nitrogens is 3. The number of benzene rings is 1. The van der Waals surface area contributed by atoms with Crippen molar-refractivity contribution in [1.29, 1.82) is 0 Å². The molecular formula is C14H13N3O3S. The van der Waals surface area contributed by atoms with Gasteiger partial charge in [-0.05, 0) is 30.4 Å². The maximum absolute atomic E-state index is 5.43. The van der Waals surface area contributed by atoms with E-state index in [4.69, 9.17) is 26.1 Å². The van der Waals surface area contributed by atoms with Crippen LogP contribution in [0.4, 0.5) is 0 Å². The van der Waals surface area contributed by atoms with Crippen molar-refractivity contribution in [3.05, 3.63) is 41.6 Å². The molecule has 0 saturated carbocycles. The number of nitrogens with zero attached hydrogens (tertiary/aromatic N) is 2. The van der Waals surface area contributed by atoms with Gasteiger partial charge in [0.2, 0.25) is 0 Å². The van der Waals surface area contributed by atoms with Crippen LogP contribution in [-0.4, -0.2) is 29.0 Å². The Morgan fingerprint density at radius 3 is 2.48 bits per heavy atom. The molecule has 0 aliphatic rings. The molecule has 2 heterocycles. The molecule has 0 radical (unpaired) electrons. The lowest BCUT2D eigenvalue weighted by atomic mass is 10.2. The van der Waals surface area contributed by atoms with Gasteiger partial charge in [0.15, 0.2) is 10.6 Å². The standard InChI is InChI=1S/C14H13N3O3S/c1-18-10-4-3-5-11(19-2)12(10)17-13(15-16-14(17)21)9-6-7-20-8-9/h3-8H,1-2H3,(H,16,21). The van der Waals surface area contributed by atoms with Gasteiger partial charge in [-0.2, -0.15) is 5.10 Å². The molecule has 108 valence electrons. The Kier molecular flexibility index (Phi) is 3.49. The molecule has 1 aromatic carbocycles. The molecule has 0 atom stereocenters. The van der Waals surface area contributed by atoms with Crippen molar-refractivity contribution in [2.24, 2.45) is 0 Å². The maximum atomic E-state index is 5.43. The molecule has 0 aliphatic carbocycles. The van der Waals surface area contributed by atoms with E-state index < -0.39 is 0 Å². The highest BCUT2D eigenvalue weighted by Gasteiger charge is 2.19. The Balaban J connectivity index is 2.32. The lowest BCUT2D eigenvalue weighted by Crippen LogP contribution is -2.03. The largest absolute Gasteiger partial charge is 0.494 e. The monoisotopic (exact) mass is 303 g/mol. The van der Waals surface area contributed by atoms with Gasteiger partial charge in [0.1, 0.15) is 23.4 Å². The first-order chi connectivity index (χ1) is 10.3. The molecule has 0 amide bonds. The average molecular weight is 303 g/mol. The van der Waals surface area contributed by atoms with E-state index in [1.54, 1.807) is 31.3 Å². The Labute approximate surface area is 125 Å². The van der Waals surface area contributed by atoms with Gasteiger partial charge in [0.25, 0.3) is 0 Å². The second kappa shape index (κ2) is 5.45. The molecule has 0 aliphatic heterocycles. The first-order valence-electron chi connectivity index (χ1n) is 6.17. The van der Waals surface area contributed by atoms with Crippen LogP contribution < -0.4 is 9.47 Å². The van der Waals surface area contributed by atoms with Crippen LogP contribution in [0.25, 0.3) is 17.1 Å². The van der Waals surface area contributed by atoms with Gasteiger partial charge in [-0.15, -0.1) is 0 Å². The number of ether oxygens (including phenoxy) is 2. The Bertz CT molecular complexity index is 783. The summed E-state index contributed by atoms with van der Waals surface area (Å²) in [5, 5.41) is 7.05. The maximum Gasteiger partial charge on any atom is 0.200 e. The van der Waals surface area contributed by atoms with Crippen LogP contribution in [0.15, 0.2) is 41.2 Å². The van der Waals surface area contributed by atoms with E-state index in [0.717, 1.165) is 5.56 Å². The number of hydrogen-bond donors (Lipinski definition) is 1. The van der Waals surface area contributed by atoms with Crippen molar-refractivity contribution in [2.75, 3.05) is 14.2 Å². The first-order valence-corrected chi connectivity index (χ1v) is 6.58. The van der Waals surface area contributed by atoms with Crippen molar-refractivity contribution in [1.82, 2.24) is 14.8 Å². The normalized spacial score (nSPS) is 10.6. The fourth-order valence-corrected chi connectivity index (χ4v) is 2.37. The van der Waals surface area contributed by atoms with Crippen LogP contribution in [0.2, 0.25) is 0 Å². The zero-order chi connectivity index (χ0) is 14.8. The van der Waals surface area contributed by atoms with E-state index >= 15 is 0 Å². The molecule has 0 spiro atoms. The minimum absolute atomic E-state index is 0.439. The second-order valence-corrected chi connectivity index (χ2v) is 4.60. The first kappa shape index (κ1) is 13.4. The number of rotatable bonds is 4. The number of aromatic amines is 1. The van der Waals surface area contributed by atoms with E-state index in [2.05, 4.69) is 10.2 Å². The van der Waals surface area contributed by atoms with Crippen LogP contribution in [-0.2, 0) is 0 Å². The lowest BCUT2D eigenvalue weighted by molar-refractivity contribution is 0.391. The van der Waals surface area contributed by atoms with Gasteiger partial charge in [0, 0.05) is 0 Å². The van der Waals surface area contributed by atoms with Crippen LogP contribution >= 0.6 is 12.2 Å². The highest BCUT2D eigenvalue weighted by Crippen LogP contribution is 2.35. The van der Waals surface area contributed by atoms with E-state index in [1.165, 1.54) is 0 Å². The summed E-state index contributed by atoms with van der Waals surface area (Å²) in [6.07, 6.45) is 3.18. The zero-order valence-electron chi connectivity index (χ0n) is 11.5. The van der Waals surface area contributed by atoms with Crippen LogP contribution in [0.3, 0.4) is 0 Å².